The third kappa shape index (κ3) is 2.56. The van der Waals surface area contributed by atoms with Crippen molar-refractivity contribution < 1.29 is 9.59 Å². The minimum atomic E-state index is -0.159. The molecule has 0 aromatic heterocycles. The van der Waals surface area contributed by atoms with Gasteiger partial charge < -0.3 is 5.32 Å². The Kier molecular flexibility index (Phi) is 3.05. The molecule has 2 amide bonds. The number of amides is 2. The van der Waals surface area contributed by atoms with E-state index < -0.39 is 0 Å². The molecule has 1 saturated heterocycles. The summed E-state index contributed by atoms with van der Waals surface area (Å²) in [5, 5.41) is 5.75. The third-order valence-electron chi connectivity index (χ3n) is 3.29. The molecule has 2 rings (SSSR count). The lowest BCUT2D eigenvalue weighted by atomic mass is 10.0. The van der Waals surface area contributed by atoms with E-state index in [0.29, 0.717) is 18.9 Å². The second-order valence-corrected chi connectivity index (χ2v) is 4.52. The lowest BCUT2D eigenvalue weighted by Gasteiger charge is -2.26. The van der Waals surface area contributed by atoms with Crippen molar-refractivity contribution in [3.05, 3.63) is 0 Å². The molecule has 0 bridgehead atoms. The standard InChI is InChI=1S/C11H18N2O2/c1-2-8(7-3-4-7)12-9-5-6-10(14)13-11(9)15/h7-9,12H,2-6H2,1H3,(H,13,14,15). The molecular weight excluding hydrogens is 192 g/mol. The molecular formula is C11H18N2O2. The van der Waals surface area contributed by atoms with Crippen LogP contribution < -0.4 is 10.6 Å². The van der Waals surface area contributed by atoms with Crippen molar-refractivity contribution in [2.75, 3.05) is 0 Å². The van der Waals surface area contributed by atoms with Crippen LogP contribution in [0.25, 0.3) is 0 Å². The number of nitrogens with one attached hydrogen (secondary N) is 2. The van der Waals surface area contributed by atoms with Gasteiger partial charge in [0.15, 0.2) is 0 Å². The molecule has 15 heavy (non-hydrogen) atoms. The Bertz CT molecular complexity index is 274. The Hall–Kier alpha value is -0.900. The van der Waals surface area contributed by atoms with Crippen molar-refractivity contribution in [2.45, 2.75) is 51.1 Å². The SMILES string of the molecule is CCC(NC1CCC(=O)NC1=O)C1CC1. The zero-order valence-corrected chi connectivity index (χ0v) is 9.08. The van der Waals surface area contributed by atoms with Crippen LogP contribution in [-0.2, 0) is 9.59 Å². The Labute approximate surface area is 89.8 Å². The van der Waals surface area contributed by atoms with E-state index in [4.69, 9.17) is 0 Å². The highest BCUT2D eigenvalue weighted by molar-refractivity contribution is 6.00. The quantitative estimate of drug-likeness (QED) is 0.667. The predicted octanol–water partition coefficient (Wildman–Crippen LogP) is 0.570. The van der Waals surface area contributed by atoms with Crippen molar-refractivity contribution in [3.63, 3.8) is 0 Å². The highest BCUT2D eigenvalue weighted by Crippen LogP contribution is 2.34. The molecule has 0 radical (unpaired) electrons. The summed E-state index contributed by atoms with van der Waals surface area (Å²) < 4.78 is 0. The van der Waals surface area contributed by atoms with Gasteiger partial charge >= 0.3 is 0 Å². The van der Waals surface area contributed by atoms with Crippen LogP contribution in [0.4, 0.5) is 0 Å². The van der Waals surface area contributed by atoms with E-state index in [0.717, 1.165) is 12.3 Å². The highest BCUT2D eigenvalue weighted by atomic mass is 16.2. The van der Waals surface area contributed by atoms with Crippen molar-refractivity contribution >= 4 is 11.8 Å². The Morgan fingerprint density at radius 3 is 2.67 bits per heavy atom. The number of carbonyl (C=O) groups excluding carboxylic acids is 2. The van der Waals surface area contributed by atoms with Gasteiger partial charge in [-0.2, -0.15) is 0 Å². The van der Waals surface area contributed by atoms with Crippen LogP contribution in [0.5, 0.6) is 0 Å². The molecule has 4 nitrogen and oxygen atoms in total. The van der Waals surface area contributed by atoms with Crippen molar-refractivity contribution in [2.24, 2.45) is 5.92 Å². The van der Waals surface area contributed by atoms with Crippen LogP contribution >= 0.6 is 0 Å². The molecule has 1 saturated carbocycles. The van der Waals surface area contributed by atoms with Gasteiger partial charge in [-0.05, 0) is 31.6 Å². The molecule has 2 atom stereocenters. The summed E-state index contributed by atoms with van der Waals surface area (Å²) in [7, 11) is 0. The average molecular weight is 210 g/mol. The number of hydrogen-bond donors (Lipinski definition) is 2. The van der Waals surface area contributed by atoms with E-state index in [2.05, 4.69) is 17.6 Å². The van der Waals surface area contributed by atoms with Gasteiger partial charge in [-0.15, -0.1) is 0 Å². The van der Waals surface area contributed by atoms with Crippen LogP contribution in [0.15, 0.2) is 0 Å². The maximum absolute atomic E-state index is 11.5. The fourth-order valence-corrected chi connectivity index (χ4v) is 2.20. The number of piperidine rings is 1. The fraction of sp³-hybridized carbons (Fsp3) is 0.818. The first-order valence-corrected chi connectivity index (χ1v) is 5.80. The topological polar surface area (TPSA) is 58.2 Å². The molecule has 0 aromatic carbocycles. The number of carbonyl (C=O) groups is 2. The van der Waals surface area contributed by atoms with Gasteiger partial charge in [0.05, 0.1) is 6.04 Å². The molecule has 0 spiro atoms. The fourth-order valence-electron chi connectivity index (χ4n) is 2.20. The van der Waals surface area contributed by atoms with Crippen molar-refractivity contribution in [1.82, 2.24) is 10.6 Å². The minimum absolute atomic E-state index is 0.141. The van der Waals surface area contributed by atoms with Gasteiger partial charge in [0.25, 0.3) is 0 Å². The van der Waals surface area contributed by atoms with Crippen LogP contribution in [-0.4, -0.2) is 23.9 Å². The smallest absolute Gasteiger partial charge is 0.243 e. The zero-order valence-electron chi connectivity index (χ0n) is 9.08. The Morgan fingerprint density at radius 1 is 1.40 bits per heavy atom. The van der Waals surface area contributed by atoms with E-state index in [-0.39, 0.29) is 17.9 Å². The molecule has 1 aliphatic carbocycles. The monoisotopic (exact) mass is 210 g/mol. The first kappa shape index (κ1) is 10.6. The molecule has 4 heteroatoms. The van der Waals surface area contributed by atoms with E-state index >= 15 is 0 Å². The number of rotatable bonds is 4. The maximum Gasteiger partial charge on any atom is 0.243 e. The lowest BCUT2D eigenvalue weighted by Crippen LogP contribution is -2.53. The molecule has 1 heterocycles. The Morgan fingerprint density at radius 2 is 2.13 bits per heavy atom. The molecule has 84 valence electrons. The van der Waals surface area contributed by atoms with Gasteiger partial charge in [0.2, 0.25) is 11.8 Å². The largest absolute Gasteiger partial charge is 0.303 e. The van der Waals surface area contributed by atoms with E-state index in [9.17, 15) is 9.59 Å². The van der Waals surface area contributed by atoms with Crippen LogP contribution in [0.2, 0.25) is 0 Å². The summed E-state index contributed by atoms with van der Waals surface area (Å²) in [4.78, 5) is 22.5. The predicted molar refractivity (Wildman–Crippen MR) is 56.1 cm³/mol. The van der Waals surface area contributed by atoms with Crippen LogP contribution in [0.1, 0.15) is 39.0 Å². The summed E-state index contributed by atoms with van der Waals surface area (Å²) >= 11 is 0. The summed E-state index contributed by atoms with van der Waals surface area (Å²) in [6.45, 7) is 2.14. The molecule has 2 N–H and O–H groups in total. The van der Waals surface area contributed by atoms with Crippen molar-refractivity contribution in [3.8, 4) is 0 Å². The van der Waals surface area contributed by atoms with Gasteiger partial charge in [-0.3, -0.25) is 14.9 Å². The van der Waals surface area contributed by atoms with Gasteiger partial charge in [0.1, 0.15) is 0 Å². The third-order valence-corrected chi connectivity index (χ3v) is 3.29. The first-order chi connectivity index (χ1) is 7.20. The van der Waals surface area contributed by atoms with Gasteiger partial charge in [-0.1, -0.05) is 6.92 Å². The van der Waals surface area contributed by atoms with Crippen LogP contribution in [0, 0.1) is 5.92 Å². The lowest BCUT2D eigenvalue weighted by molar-refractivity contribution is -0.134. The van der Waals surface area contributed by atoms with Crippen LogP contribution in [0.3, 0.4) is 0 Å². The minimum Gasteiger partial charge on any atom is -0.303 e. The van der Waals surface area contributed by atoms with E-state index in [1.54, 1.807) is 0 Å². The summed E-state index contributed by atoms with van der Waals surface area (Å²) in [6, 6.07) is 0.294. The zero-order chi connectivity index (χ0) is 10.8. The van der Waals surface area contributed by atoms with Gasteiger partial charge in [0, 0.05) is 12.5 Å². The second-order valence-electron chi connectivity index (χ2n) is 4.52. The molecule has 0 aromatic rings. The summed E-state index contributed by atoms with van der Waals surface area (Å²) in [5.41, 5.74) is 0. The number of hydrogen-bond acceptors (Lipinski definition) is 3. The highest BCUT2D eigenvalue weighted by Gasteiger charge is 2.34. The summed E-state index contributed by atoms with van der Waals surface area (Å²) in [5.74, 6) is 0.461. The normalized spacial score (nSPS) is 28.7. The summed E-state index contributed by atoms with van der Waals surface area (Å²) in [6.07, 6.45) is 4.72. The average Bonchev–Trinajstić information content (AvgIpc) is 3.00. The molecule has 1 aliphatic heterocycles. The van der Waals surface area contributed by atoms with Gasteiger partial charge in [-0.25, -0.2) is 0 Å². The number of imide groups is 1. The Balaban J connectivity index is 1.87. The second kappa shape index (κ2) is 4.31. The maximum atomic E-state index is 11.5. The molecule has 2 fully saturated rings. The van der Waals surface area contributed by atoms with Crippen molar-refractivity contribution in [1.29, 1.82) is 0 Å². The molecule has 2 unspecified atom stereocenters. The van der Waals surface area contributed by atoms with E-state index in [1.165, 1.54) is 12.8 Å². The molecule has 2 aliphatic rings. The first-order valence-electron chi connectivity index (χ1n) is 5.80. The van der Waals surface area contributed by atoms with E-state index in [1.807, 2.05) is 0 Å².